The van der Waals surface area contributed by atoms with E-state index in [1.807, 2.05) is 49.4 Å². The Labute approximate surface area is 248 Å². The van der Waals surface area contributed by atoms with Crippen LogP contribution in [0.1, 0.15) is 49.3 Å². The molecular weight excluding hydrogens is 558 g/mol. The number of hydrogen-bond donors (Lipinski definition) is 1. The maximum Gasteiger partial charge on any atom is 0.243 e. The molecule has 41 heavy (non-hydrogen) atoms. The molecule has 1 saturated heterocycles. The fraction of sp³-hybridized carbons (Fsp3) is 0.375. The van der Waals surface area contributed by atoms with E-state index in [0.717, 1.165) is 36.0 Å². The number of rotatable bonds is 13. The van der Waals surface area contributed by atoms with Gasteiger partial charge in [0.2, 0.25) is 21.8 Å². The van der Waals surface area contributed by atoms with E-state index in [9.17, 15) is 18.0 Å². The van der Waals surface area contributed by atoms with Gasteiger partial charge in [-0.05, 0) is 66.6 Å². The van der Waals surface area contributed by atoms with E-state index in [2.05, 4.69) is 5.32 Å². The lowest BCUT2D eigenvalue weighted by molar-refractivity contribution is -0.141. The molecule has 9 heteroatoms. The van der Waals surface area contributed by atoms with Crippen molar-refractivity contribution in [3.63, 3.8) is 0 Å². The average Bonchev–Trinajstić information content (AvgIpc) is 3.54. The highest BCUT2D eigenvalue weighted by Crippen LogP contribution is 2.22. The summed E-state index contributed by atoms with van der Waals surface area (Å²) in [5.74, 6) is -0.337. The van der Waals surface area contributed by atoms with Gasteiger partial charge in [-0.1, -0.05) is 73.1 Å². The number of amides is 2. The molecule has 0 aromatic heterocycles. The molecular formula is C32H38ClN3O4S. The molecule has 4 rings (SSSR count). The molecule has 1 N–H and O–H groups in total. The van der Waals surface area contributed by atoms with Crippen molar-refractivity contribution in [2.75, 3.05) is 19.6 Å². The molecule has 1 atom stereocenters. The lowest BCUT2D eigenvalue weighted by Crippen LogP contribution is -2.50. The highest BCUT2D eigenvalue weighted by atomic mass is 35.5. The molecule has 3 aromatic carbocycles. The minimum atomic E-state index is -3.49. The van der Waals surface area contributed by atoms with E-state index in [4.69, 9.17) is 11.6 Å². The smallest absolute Gasteiger partial charge is 0.243 e. The Morgan fingerprint density at radius 3 is 2.17 bits per heavy atom. The van der Waals surface area contributed by atoms with Crippen LogP contribution in [0.15, 0.2) is 83.8 Å². The van der Waals surface area contributed by atoms with Crippen molar-refractivity contribution in [2.24, 2.45) is 0 Å². The van der Waals surface area contributed by atoms with Crippen LogP contribution in [0.5, 0.6) is 0 Å². The summed E-state index contributed by atoms with van der Waals surface area (Å²) in [6.07, 6.45) is 3.55. The first-order valence-corrected chi connectivity index (χ1v) is 16.0. The minimum absolute atomic E-state index is 0.152. The van der Waals surface area contributed by atoms with Gasteiger partial charge >= 0.3 is 0 Å². The Morgan fingerprint density at radius 1 is 0.902 bits per heavy atom. The summed E-state index contributed by atoms with van der Waals surface area (Å²) in [6.45, 7) is 3.89. The molecule has 0 aliphatic carbocycles. The number of carbonyl (C=O) groups excluding carboxylic acids is 2. The molecule has 0 spiro atoms. The number of nitrogens with zero attached hydrogens (tertiary/aromatic N) is 2. The van der Waals surface area contributed by atoms with Crippen LogP contribution in [0.2, 0.25) is 5.02 Å². The summed E-state index contributed by atoms with van der Waals surface area (Å²) >= 11 is 6.10. The normalized spacial score (nSPS) is 14.5. The second kappa shape index (κ2) is 14.6. The number of halogens is 1. The highest BCUT2D eigenvalue weighted by Gasteiger charge is 2.30. The molecule has 2 amide bonds. The third kappa shape index (κ3) is 8.41. The van der Waals surface area contributed by atoms with Crippen LogP contribution < -0.4 is 5.32 Å². The molecule has 1 fully saturated rings. The summed E-state index contributed by atoms with van der Waals surface area (Å²) in [5, 5.41) is 3.59. The van der Waals surface area contributed by atoms with Gasteiger partial charge in [0.15, 0.2) is 0 Å². The van der Waals surface area contributed by atoms with Gasteiger partial charge < -0.3 is 10.2 Å². The molecule has 1 aliphatic rings. The molecule has 218 valence electrons. The first-order valence-electron chi connectivity index (χ1n) is 14.2. The molecule has 1 heterocycles. The van der Waals surface area contributed by atoms with Crippen molar-refractivity contribution in [3.8, 4) is 0 Å². The second-order valence-corrected chi connectivity index (χ2v) is 12.8. The number of hydrogen-bond acceptors (Lipinski definition) is 4. The number of aryl methyl sites for hydroxylation is 1. The highest BCUT2D eigenvalue weighted by molar-refractivity contribution is 7.89. The van der Waals surface area contributed by atoms with Gasteiger partial charge in [0, 0.05) is 44.0 Å². The van der Waals surface area contributed by atoms with Crippen molar-refractivity contribution in [3.05, 3.63) is 101 Å². The Kier molecular flexibility index (Phi) is 11.0. The third-order valence-electron chi connectivity index (χ3n) is 7.34. The summed E-state index contributed by atoms with van der Waals surface area (Å²) in [5.41, 5.74) is 2.70. The van der Waals surface area contributed by atoms with Gasteiger partial charge in [0.05, 0.1) is 4.90 Å². The minimum Gasteiger partial charge on any atom is -0.354 e. The molecule has 0 radical (unpaired) electrons. The molecule has 1 unspecified atom stereocenters. The summed E-state index contributed by atoms with van der Waals surface area (Å²) in [4.78, 5) is 29.2. The predicted octanol–water partition coefficient (Wildman–Crippen LogP) is 5.22. The molecule has 0 saturated carbocycles. The second-order valence-electron chi connectivity index (χ2n) is 10.4. The monoisotopic (exact) mass is 595 g/mol. The van der Waals surface area contributed by atoms with E-state index >= 15 is 0 Å². The van der Waals surface area contributed by atoms with Crippen molar-refractivity contribution >= 4 is 33.4 Å². The van der Waals surface area contributed by atoms with E-state index in [1.54, 1.807) is 41.3 Å². The predicted molar refractivity (Wildman–Crippen MR) is 162 cm³/mol. The molecule has 0 bridgehead atoms. The van der Waals surface area contributed by atoms with Gasteiger partial charge in [0.1, 0.15) is 6.04 Å². The fourth-order valence-corrected chi connectivity index (χ4v) is 6.65. The molecule has 7 nitrogen and oxygen atoms in total. The first kappa shape index (κ1) is 30.8. The third-order valence-corrected chi connectivity index (χ3v) is 9.51. The Balaban J connectivity index is 1.54. The zero-order chi connectivity index (χ0) is 29.2. The van der Waals surface area contributed by atoms with Crippen molar-refractivity contribution in [2.45, 2.75) is 62.9 Å². The van der Waals surface area contributed by atoms with Crippen LogP contribution in [0.25, 0.3) is 0 Å². The van der Waals surface area contributed by atoms with Crippen LogP contribution in [0, 0.1) is 0 Å². The van der Waals surface area contributed by atoms with Gasteiger partial charge in [-0.3, -0.25) is 9.59 Å². The zero-order valence-corrected chi connectivity index (χ0v) is 25.0. The summed E-state index contributed by atoms with van der Waals surface area (Å²) in [6, 6.07) is 23.1. The van der Waals surface area contributed by atoms with Gasteiger partial charge in [0.25, 0.3) is 0 Å². The largest absolute Gasteiger partial charge is 0.354 e. The maximum atomic E-state index is 13.8. The van der Waals surface area contributed by atoms with E-state index in [1.165, 1.54) is 4.31 Å². The van der Waals surface area contributed by atoms with E-state index in [-0.39, 0.29) is 29.7 Å². The van der Waals surface area contributed by atoms with E-state index < -0.39 is 16.1 Å². The van der Waals surface area contributed by atoms with E-state index in [0.29, 0.717) is 37.5 Å². The Hall–Kier alpha value is -3.20. The average molecular weight is 596 g/mol. The molecule has 1 aliphatic heterocycles. The maximum absolute atomic E-state index is 13.8. The van der Waals surface area contributed by atoms with Crippen LogP contribution in [0.3, 0.4) is 0 Å². The fourth-order valence-electron chi connectivity index (χ4n) is 5.01. The van der Waals surface area contributed by atoms with Crippen molar-refractivity contribution in [1.29, 1.82) is 0 Å². The topological polar surface area (TPSA) is 86.8 Å². The Morgan fingerprint density at radius 2 is 1.54 bits per heavy atom. The lowest BCUT2D eigenvalue weighted by atomic mass is 10.0. The standard InChI is InChI=1S/C32H38ClN3O4S/c1-2-20-34-32(38)30(23-26-8-4-3-5-9-26)36(24-27-10-15-28(33)16-11-27)31(37)19-14-25-12-17-29(18-13-25)41(39,40)35-21-6-7-22-35/h3-5,8-13,15-18,30H,2,6-7,14,19-24H2,1H3,(H,34,38). The zero-order valence-electron chi connectivity index (χ0n) is 23.5. The van der Waals surface area contributed by atoms with Gasteiger partial charge in [-0.15, -0.1) is 0 Å². The number of sulfonamides is 1. The van der Waals surface area contributed by atoms with Gasteiger partial charge in [-0.25, -0.2) is 8.42 Å². The summed E-state index contributed by atoms with van der Waals surface area (Å²) < 4.78 is 27.3. The van der Waals surface area contributed by atoms with Crippen molar-refractivity contribution in [1.82, 2.24) is 14.5 Å². The van der Waals surface area contributed by atoms with Crippen LogP contribution in [-0.2, 0) is 39.0 Å². The summed E-state index contributed by atoms with van der Waals surface area (Å²) in [7, 11) is -3.49. The van der Waals surface area contributed by atoms with Gasteiger partial charge in [-0.2, -0.15) is 4.31 Å². The lowest BCUT2D eigenvalue weighted by Gasteiger charge is -2.31. The number of nitrogens with one attached hydrogen (secondary N) is 1. The van der Waals surface area contributed by atoms with Crippen LogP contribution >= 0.6 is 11.6 Å². The molecule has 3 aromatic rings. The quantitative estimate of drug-likeness (QED) is 0.293. The Bertz CT molecular complexity index is 1390. The first-order chi connectivity index (χ1) is 19.8. The SMILES string of the molecule is CCCNC(=O)C(Cc1ccccc1)N(Cc1ccc(Cl)cc1)C(=O)CCc1ccc(S(=O)(=O)N2CCCC2)cc1. The number of benzene rings is 3. The van der Waals surface area contributed by atoms with Crippen LogP contribution in [0.4, 0.5) is 0 Å². The van der Waals surface area contributed by atoms with Crippen molar-refractivity contribution < 1.29 is 18.0 Å². The van der Waals surface area contributed by atoms with Crippen LogP contribution in [-0.4, -0.2) is 55.1 Å². The number of carbonyl (C=O) groups is 2.